The fraction of sp³-hybridized carbons (Fsp3) is 0.667. The maximum Gasteiger partial charge on any atom is 0.166 e. The first kappa shape index (κ1) is 19.4. The summed E-state index contributed by atoms with van der Waals surface area (Å²) in [6, 6.07) is 9.41. The second-order valence-electron chi connectivity index (χ2n) is 7.57. The molecule has 1 heterocycles. The maximum atomic E-state index is 5.58. The van der Waals surface area contributed by atoms with Gasteiger partial charge in [-0.05, 0) is 68.7 Å². The summed E-state index contributed by atoms with van der Waals surface area (Å²) < 4.78 is 5.32. The van der Waals surface area contributed by atoms with Crippen LogP contribution in [0.3, 0.4) is 0 Å². The van der Waals surface area contributed by atoms with Gasteiger partial charge in [-0.1, -0.05) is 37.8 Å². The van der Waals surface area contributed by atoms with Crippen LogP contribution in [0.25, 0.3) is 0 Å². The van der Waals surface area contributed by atoms with Crippen LogP contribution < -0.4 is 15.4 Å². The highest BCUT2D eigenvalue weighted by Gasteiger charge is 2.23. The van der Waals surface area contributed by atoms with Crippen molar-refractivity contribution in [3.63, 3.8) is 0 Å². The molecule has 0 amide bonds. The molecule has 0 aromatic heterocycles. The summed E-state index contributed by atoms with van der Waals surface area (Å²) in [4.78, 5) is 2.60. The first-order valence-corrected chi connectivity index (χ1v) is 10.6. The van der Waals surface area contributed by atoms with E-state index in [1.807, 2.05) is 0 Å². The van der Waals surface area contributed by atoms with Crippen LogP contribution in [0.2, 0.25) is 0 Å². The summed E-state index contributed by atoms with van der Waals surface area (Å²) in [5, 5.41) is 7.84. The van der Waals surface area contributed by atoms with Crippen LogP contribution in [0.15, 0.2) is 24.3 Å². The maximum absolute atomic E-state index is 5.58. The van der Waals surface area contributed by atoms with Gasteiger partial charge in [-0.3, -0.25) is 4.90 Å². The van der Waals surface area contributed by atoms with Gasteiger partial charge >= 0.3 is 0 Å². The van der Waals surface area contributed by atoms with Crippen molar-refractivity contribution in [2.75, 3.05) is 26.7 Å². The molecule has 4 nitrogen and oxygen atoms in total. The molecule has 1 aromatic rings. The number of likely N-dealkylation sites (tertiary alicyclic amines) is 1. The molecule has 0 unspecified atom stereocenters. The van der Waals surface area contributed by atoms with Gasteiger partial charge in [0.1, 0.15) is 5.75 Å². The zero-order valence-electron chi connectivity index (χ0n) is 16.0. The molecule has 26 heavy (non-hydrogen) atoms. The molecule has 2 N–H and O–H groups in total. The summed E-state index contributed by atoms with van der Waals surface area (Å²) >= 11 is 5.58. The molecule has 1 aliphatic heterocycles. The number of nitrogens with zero attached hydrogens (tertiary/aromatic N) is 1. The summed E-state index contributed by atoms with van der Waals surface area (Å²) in [5.41, 5.74) is 1.33. The van der Waals surface area contributed by atoms with Crippen molar-refractivity contribution in [3.05, 3.63) is 29.8 Å². The number of hydrogen-bond acceptors (Lipinski definition) is 3. The van der Waals surface area contributed by atoms with Gasteiger partial charge < -0.3 is 15.4 Å². The van der Waals surface area contributed by atoms with Gasteiger partial charge in [0.2, 0.25) is 0 Å². The number of rotatable bonds is 6. The van der Waals surface area contributed by atoms with Crippen molar-refractivity contribution in [1.29, 1.82) is 0 Å². The predicted octanol–water partition coefficient (Wildman–Crippen LogP) is 4.02. The minimum atomic E-state index is 0.354. The highest BCUT2D eigenvalue weighted by Crippen LogP contribution is 2.26. The van der Waals surface area contributed by atoms with Gasteiger partial charge in [-0.15, -0.1) is 0 Å². The Labute approximate surface area is 163 Å². The topological polar surface area (TPSA) is 36.5 Å². The fourth-order valence-corrected chi connectivity index (χ4v) is 4.44. The third kappa shape index (κ3) is 5.58. The minimum absolute atomic E-state index is 0.354. The Bertz CT molecular complexity index is 551. The van der Waals surface area contributed by atoms with Gasteiger partial charge in [0, 0.05) is 12.6 Å². The van der Waals surface area contributed by atoms with Crippen LogP contribution in [0.5, 0.6) is 5.75 Å². The van der Waals surface area contributed by atoms with Gasteiger partial charge in [-0.2, -0.15) is 0 Å². The molecular formula is C21H33N3OS. The van der Waals surface area contributed by atoms with E-state index in [0.717, 1.165) is 17.4 Å². The number of methoxy groups -OCH3 is 1. The molecule has 0 bridgehead atoms. The summed E-state index contributed by atoms with van der Waals surface area (Å²) in [5.74, 6) is 0.911. The van der Waals surface area contributed by atoms with E-state index < -0.39 is 0 Å². The number of piperidine rings is 1. The molecule has 144 valence electrons. The number of nitrogens with one attached hydrogen (secondary N) is 2. The first-order valence-electron chi connectivity index (χ1n) is 10.2. The molecule has 5 heteroatoms. The third-order valence-electron chi connectivity index (χ3n) is 5.73. The lowest BCUT2D eigenvalue weighted by molar-refractivity contribution is 0.164. The highest BCUT2D eigenvalue weighted by atomic mass is 32.1. The Morgan fingerprint density at radius 2 is 1.73 bits per heavy atom. The van der Waals surface area contributed by atoms with Gasteiger partial charge in [0.05, 0.1) is 13.2 Å². The number of thiocarbonyl (C=S) groups is 1. The van der Waals surface area contributed by atoms with E-state index in [9.17, 15) is 0 Å². The van der Waals surface area contributed by atoms with Crippen LogP contribution in [0.4, 0.5) is 0 Å². The average Bonchev–Trinajstić information content (AvgIpc) is 2.70. The van der Waals surface area contributed by atoms with Crippen molar-refractivity contribution >= 4 is 17.3 Å². The van der Waals surface area contributed by atoms with E-state index in [2.05, 4.69) is 39.8 Å². The molecular weight excluding hydrogens is 342 g/mol. The van der Waals surface area contributed by atoms with Gasteiger partial charge in [-0.25, -0.2) is 0 Å². The monoisotopic (exact) mass is 375 g/mol. The molecule has 1 saturated carbocycles. The van der Waals surface area contributed by atoms with Crippen LogP contribution in [0.1, 0.15) is 63.0 Å². The summed E-state index contributed by atoms with van der Waals surface area (Å²) in [7, 11) is 1.72. The Morgan fingerprint density at radius 3 is 2.38 bits per heavy atom. The molecule has 0 radical (unpaired) electrons. The average molecular weight is 376 g/mol. The van der Waals surface area contributed by atoms with Crippen molar-refractivity contribution < 1.29 is 4.74 Å². The van der Waals surface area contributed by atoms with Crippen LogP contribution in [-0.4, -0.2) is 42.8 Å². The molecule has 0 spiro atoms. The highest BCUT2D eigenvalue weighted by molar-refractivity contribution is 7.80. The molecule has 2 aliphatic rings. The van der Waals surface area contributed by atoms with E-state index in [0.29, 0.717) is 12.1 Å². The summed E-state index contributed by atoms with van der Waals surface area (Å²) in [6.45, 7) is 3.19. The Morgan fingerprint density at radius 1 is 1.08 bits per heavy atom. The smallest absolute Gasteiger partial charge is 0.166 e. The van der Waals surface area contributed by atoms with Crippen molar-refractivity contribution in [3.8, 4) is 5.75 Å². The van der Waals surface area contributed by atoms with Crippen molar-refractivity contribution in [2.45, 2.75) is 63.5 Å². The van der Waals surface area contributed by atoms with Crippen LogP contribution in [-0.2, 0) is 0 Å². The number of ether oxygens (including phenoxy) is 1. The van der Waals surface area contributed by atoms with Crippen LogP contribution in [0, 0.1) is 0 Å². The SMILES string of the molecule is COc1ccc([C@@H](CNC(=S)NC2CCCCC2)N2CCCCC2)cc1. The van der Waals surface area contributed by atoms with Gasteiger partial charge in [0.15, 0.2) is 5.11 Å². The molecule has 1 aromatic carbocycles. The first-order chi connectivity index (χ1) is 12.8. The Kier molecular flexibility index (Phi) is 7.56. The largest absolute Gasteiger partial charge is 0.497 e. The Hall–Kier alpha value is -1.33. The number of hydrogen-bond donors (Lipinski definition) is 2. The molecule has 2 fully saturated rings. The lowest BCUT2D eigenvalue weighted by Gasteiger charge is -2.35. The quantitative estimate of drug-likeness (QED) is 0.735. The standard InChI is InChI=1S/C21H33N3OS/c1-25-19-12-10-17(11-13-19)20(24-14-6-3-7-15-24)16-22-21(26)23-18-8-4-2-5-9-18/h10-13,18,20H,2-9,14-16H2,1H3,(H2,22,23,26)/t20-/m1/s1. The van der Waals surface area contributed by atoms with E-state index in [1.165, 1.54) is 70.0 Å². The van der Waals surface area contributed by atoms with Gasteiger partial charge in [0.25, 0.3) is 0 Å². The zero-order valence-corrected chi connectivity index (χ0v) is 16.8. The normalized spacial score (nSPS) is 20.3. The van der Waals surface area contributed by atoms with E-state index in [1.54, 1.807) is 7.11 Å². The molecule has 1 aliphatic carbocycles. The van der Waals surface area contributed by atoms with E-state index in [4.69, 9.17) is 17.0 Å². The minimum Gasteiger partial charge on any atom is -0.497 e. The lowest BCUT2D eigenvalue weighted by Crippen LogP contribution is -2.46. The van der Waals surface area contributed by atoms with E-state index in [-0.39, 0.29) is 0 Å². The second-order valence-corrected chi connectivity index (χ2v) is 7.98. The van der Waals surface area contributed by atoms with E-state index >= 15 is 0 Å². The predicted molar refractivity (Wildman–Crippen MR) is 112 cm³/mol. The Balaban J connectivity index is 1.59. The second kappa shape index (κ2) is 10.1. The zero-order chi connectivity index (χ0) is 18.2. The molecule has 1 atom stereocenters. The van der Waals surface area contributed by atoms with Crippen LogP contribution >= 0.6 is 12.2 Å². The number of benzene rings is 1. The van der Waals surface area contributed by atoms with Crippen molar-refractivity contribution in [2.24, 2.45) is 0 Å². The lowest BCUT2D eigenvalue weighted by atomic mass is 9.96. The molecule has 1 saturated heterocycles. The van der Waals surface area contributed by atoms with Crippen molar-refractivity contribution in [1.82, 2.24) is 15.5 Å². The third-order valence-corrected chi connectivity index (χ3v) is 5.99. The fourth-order valence-electron chi connectivity index (χ4n) is 4.19. The molecule has 3 rings (SSSR count). The summed E-state index contributed by atoms with van der Waals surface area (Å²) in [6.07, 6.45) is 10.4.